The Kier molecular flexibility index (Phi) is 6.74. The molecule has 166 valence electrons. The van der Waals surface area contributed by atoms with Crippen LogP contribution in [-0.4, -0.2) is 39.1 Å². The highest BCUT2D eigenvalue weighted by Gasteiger charge is 2.34. The first-order valence-electron chi connectivity index (χ1n) is 10.8. The molecule has 1 aromatic heterocycles. The SMILES string of the molecule is Cc1nn(Cc2ccccc2)c(C)c1CNC(=O)C1CCCN1C(=O)c1ccc(Br)cc1. The molecule has 0 spiro atoms. The number of halogens is 1. The molecular weight excluding hydrogens is 468 g/mol. The number of nitrogens with one attached hydrogen (secondary N) is 1. The zero-order valence-corrected chi connectivity index (χ0v) is 19.9. The van der Waals surface area contributed by atoms with Crippen molar-refractivity contribution in [1.29, 1.82) is 0 Å². The molecule has 4 rings (SSSR count). The van der Waals surface area contributed by atoms with Gasteiger partial charge in [0.2, 0.25) is 5.91 Å². The summed E-state index contributed by atoms with van der Waals surface area (Å²) in [4.78, 5) is 27.6. The molecule has 7 heteroatoms. The number of hydrogen-bond acceptors (Lipinski definition) is 3. The van der Waals surface area contributed by atoms with Crippen molar-refractivity contribution in [2.75, 3.05) is 6.54 Å². The molecule has 1 saturated heterocycles. The van der Waals surface area contributed by atoms with E-state index in [1.807, 2.05) is 48.9 Å². The molecule has 0 saturated carbocycles. The molecule has 1 atom stereocenters. The van der Waals surface area contributed by atoms with Gasteiger partial charge >= 0.3 is 0 Å². The lowest BCUT2D eigenvalue weighted by Crippen LogP contribution is -2.45. The molecule has 1 fully saturated rings. The van der Waals surface area contributed by atoms with Crippen LogP contribution < -0.4 is 5.32 Å². The standard InChI is InChI=1S/C25H27BrN4O2/c1-17-22(18(2)30(28-17)16-19-7-4-3-5-8-19)15-27-24(31)23-9-6-14-29(23)25(32)20-10-12-21(26)13-11-20/h3-5,7-8,10-13,23H,6,9,14-16H2,1-2H3,(H,27,31). The first-order chi connectivity index (χ1) is 15.4. The fraction of sp³-hybridized carbons (Fsp3) is 0.320. The molecule has 1 unspecified atom stereocenters. The van der Waals surface area contributed by atoms with Crippen molar-refractivity contribution >= 4 is 27.7 Å². The highest BCUT2D eigenvalue weighted by Crippen LogP contribution is 2.22. The van der Waals surface area contributed by atoms with Gasteiger partial charge in [-0.25, -0.2) is 0 Å². The third kappa shape index (κ3) is 4.78. The highest BCUT2D eigenvalue weighted by atomic mass is 79.9. The minimum absolute atomic E-state index is 0.0989. The van der Waals surface area contributed by atoms with Crippen LogP contribution in [0.15, 0.2) is 59.1 Å². The number of amides is 2. The Morgan fingerprint density at radius 1 is 1.09 bits per heavy atom. The van der Waals surface area contributed by atoms with Crippen LogP contribution in [0.25, 0.3) is 0 Å². The second-order valence-corrected chi connectivity index (χ2v) is 9.09. The van der Waals surface area contributed by atoms with Crippen LogP contribution in [0.3, 0.4) is 0 Å². The van der Waals surface area contributed by atoms with Crippen molar-refractivity contribution in [3.05, 3.63) is 87.1 Å². The molecule has 1 aliphatic rings. The maximum absolute atomic E-state index is 13.0. The summed E-state index contributed by atoms with van der Waals surface area (Å²) in [6.45, 7) is 5.69. The first kappa shape index (κ1) is 22.3. The molecule has 0 radical (unpaired) electrons. The van der Waals surface area contributed by atoms with Crippen molar-refractivity contribution in [2.45, 2.75) is 45.8 Å². The number of carbonyl (C=O) groups excluding carboxylic acids is 2. The van der Waals surface area contributed by atoms with Gasteiger partial charge in [-0.2, -0.15) is 5.10 Å². The number of rotatable bonds is 6. The van der Waals surface area contributed by atoms with Crippen LogP contribution in [0.2, 0.25) is 0 Å². The average Bonchev–Trinajstić information content (AvgIpc) is 3.38. The van der Waals surface area contributed by atoms with Gasteiger partial charge in [-0.1, -0.05) is 46.3 Å². The van der Waals surface area contributed by atoms with Gasteiger partial charge in [0.25, 0.3) is 5.91 Å². The predicted octanol–water partition coefficient (Wildman–Crippen LogP) is 4.23. The zero-order valence-electron chi connectivity index (χ0n) is 18.3. The number of hydrogen-bond donors (Lipinski definition) is 1. The van der Waals surface area contributed by atoms with Crippen LogP contribution in [0.1, 0.15) is 45.7 Å². The molecule has 2 aromatic carbocycles. The molecule has 32 heavy (non-hydrogen) atoms. The maximum atomic E-state index is 13.0. The third-order valence-corrected chi connectivity index (χ3v) is 6.58. The van der Waals surface area contributed by atoms with Crippen molar-refractivity contribution in [3.8, 4) is 0 Å². The second-order valence-electron chi connectivity index (χ2n) is 8.17. The van der Waals surface area contributed by atoms with E-state index in [4.69, 9.17) is 0 Å². The zero-order chi connectivity index (χ0) is 22.7. The van der Waals surface area contributed by atoms with E-state index in [0.29, 0.717) is 31.6 Å². The number of benzene rings is 2. The van der Waals surface area contributed by atoms with Crippen LogP contribution in [0.5, 0.6) is 0 Å². The van der Waals surface area contributed by atoms with E-state index in [2.05, 4.69) is 38.5 Å². The van der Waals surface area contributed by atoms with Gasteiger partial charge in [0.1, 0.15) is 6.04 Å². The minimum Gasteiger partial charge on any atom is -0.350 e. The van der Waals surface area contributed by atoms with Crippen LogP contribution in [-0.2, 0) is 17.9 Å². The summed E-state index contributed by atoms with van der Waals surface area (Å²) < 4.78 is 2.90. The summed E-state index contributed by atoms with van der Waals surface area (Å²) in [5, 5.41) is 7.72. The molecule has 0 bridgehead atoms. The Morgan fingerprint density at radius 3 is 2.53 bits per heavy atom. The summed E-state index contributed by atoms with van der Waals surface area (Å²) >= 11 is 3.39. The van der Waals surface area contributed by atoms with Gasteiger partial charge in [0.15, 0.2) is 0 Å². The van der Waals surface area contributed by atoms with Gasteiger partial charge in [0, 0.05) is 34.4 Å². The predicted molar refractivity (Wildman–Crippen MR) is 127 cm³/mol. The fourth-order valence-corrected chi connectivity index (χ4v) is 4.50. The van der Waals surface area contributed by atoms with E-state index in [1.165, 1.54) is 5.56 Å². The van der Waals surface area contributed by atoms with Gasteiger partial charge < -0.3 is 10.2 Å². The molecule has 2 amide bonds. The number of aryl methyl sites for hydroxylation is 1. The first-order valence-corrected chi connectivity index (χ1v) is 11.6. The Bertz CT molecular complexity index is 1110. The summed E-state index contributed by atoms with van der Waals surface area (Å²) in [5.41, 5.74) is 4.76. The van der Waals surface area contributed by atoms with Crippen molar-refractivity contribution in [2.24, 2.45) is 0 Å². The third-order valence-electron chi connectivity index (χ3n) is 6.05. The van der Waals surface area contributed by atoms with Gasteiger partial charge in [0.05, 0.1) is 12.2 Å². The van der Waals surface area contributed by atoms with Crippen LogP contribution in [0, 0.1) is 13.8 Å². The lowest BCUT2D eigenvalue weighted by atomic mass is 10.1. The Labute approximate surface area is 196 Å². The van der Waals surface area contributed by atoms with E-state index in [-0.39, 0.29) is 11.8 Å². The van der Waals surface area contributed by atoms with E-state index >= 15 is 0 Å². The topological polar surface area (TPSA) is 67.2 Å². The van der Waals surface area contributed by atoms with Gasteiger partial charge in [-0.3, -0.25) is 14.3 Å². The Balaban J connectivity index is 1.42. The summed E-state index contributed by atoms with van der Waals surface area (Å²) in [6.07, 6.45) is 1.51. The number of carbonyl (C=O) groups is 2. The molecule has 1 aliphatic heterocycles. The largest absolute Gasteiger partial charge is 0.350 e. The van der Waals surface area contributed by atoms with Crippen molar-refractivity contribution < 1.29 is 9.59 Å². The van der Waals surface area contributed by atoms with Crippen LogP contribution in [0.4, 0.5) is 0 Å². The van der Waals surface area contributed by atoms with Crippen molar-refractivity contribution in [1.82, 2.24) is 20.0 Å². The molecule has 2 heterocycles. The number of likely N-dealkylation sites (tertiary alicyclic amines) is 1. The molecular formula is C25H27BrN4O2. The van der Waals surface area contributed by atoms with E-state index < -0.39 is 6.04 Å². The summed E-state index contributed by atoms with van der Waals surface area (Å²) in [5.74, 6) is -0.208. The van der Waals surface area contributed by atoms with Crippen LogP contribution >= 0.6 is 15.9 Å². The van der Waals surface area contributed by atoms with Gasteiger partial charge in [-0.15, -0.1) is 0 Å². The minimum atomic E-state index is -0.439. The normalized spacial score (nSPS) is 15.7. The van der Waals surface area contributed by atoms with Gasteiger partial charge in [-0.05, 0) is 56.5 Å². The second kappa shape index (κ2) is 9.69. The quantitative estimate of drug-likeness (QED) is 0.557. The lowest BCUT2D eigenvalue weighted by Gasteiger charge is -2.24. The molecule has 3 aromatic rings. The summed E-state index contributed by atoms with van der Waals surface area (Å²) in [7, 11) is 0. The monoisotopic (exact) mass is 494 g/mol. The van der Waals surface area contributed by atoms with E-state index in [0.717, 1.165) is 27.8 Å². The Morgan fingerprint density at radius 2 is 1.81 bits per heavy atom. The number of nitrogens with zero attached hydrogens (tertiary/aromatic N) is 3. The lowest BCUT2D eigenvalue weighted by molar-refractivity contribution is -0.125. The summed E-state index contributed by atoms with van der Waals surface area (Å²) in [6, 6.07) is 17.0. The van der Waals surface area contributed by atoms with E-state index in [1.54, 1.807) is 17.0 Å². The number of aromatic nitrogens is 2. The molecule has 6 nitrogen and oxygen atoms in total. The average molecular weight is 495 g/mol. The highest BCUT2D eigenvalue weighted by molar-refractivity contribution is 9.10. The molecule has 0 aliphatic carbocycles. The van der Waals surface area contributed by atoms with E-state index in [9.17, 15) is 9.59 Å². The van der Waals surface area contributed by atoms with Crippen molar-refractivity contribution in [3.63, 3.8) is 0 Å². The molecule has 1 N–H and O–H groups in total. The Hall–Kier alpha value is -2.93. The fourth-order valence-electron chi connectivity index (χ4n) is 4.23. The maximum Gasteiger partial charge on any atom is 0.254 e. The smallest absolute Gasteiger partial charge is 0.254 e.